The second-order valence-corrected chi connectivity index (χ2v) is 6.64. The van der Waals surface area contributed by atoms with Gasteiger partial charge in [-0.1, -0.05) is 26.0 Å². The molecule has 0 radical (unpaired) electrons. The van der Waals surface area contributed by atoms with Crippen molar-refractivity contribution in [1.29, 1.82) is 0 Å². The summed E-state index contributed by atoms with van der Waals surface area (Å²) < 4.78 is 27.1. The molecule has 0 atom stereocenters. The maximum Gasteiger partial charge on any atom is 0.261 e. The molecule has 0 aliphatic heterocycles. The number of aryl methyl sites for hydroxylation is 1. The average Bonchev–Trinajstić information content (AvgIpc) is 2.54. The molecule has 118 valence electrons. The first kappa shape index (κ1) is 16.3. The molecule has 0 saturated carbocycles. The molecule has 6 heteroatoms. The van der Waals surface area contributed by atoms with Crippen LogP contribution in [0.1, 0.15) is 25.8 Å². The molecule has 2 aromatic rings. The molecule has 0 bridgehead atoms. The molecule has 0 amide bonds. The highest BCUT2D eigenvalue weighted by atomic mass is 32.2. The summed E-state index contributed by atoms with van der Waals surface area (Å²) in [6.45, 7) is 4.93. The van der Waals surface area contributed by atoms with E-state index in [1.807, 2.05) is 19.1 Å². The van der Waals surface area contributed by atoms with E-state index >= 15 is 0 Å². The zero-order chi connectivity index (χ0) is 16.0. The van der Waals surface area contributed by atoms with Crippen LogP contribution in [0.2, 0.25) is 0 Å². The number of hydrogen-bond acceptors (Lipinski definition) is 4. The lowest BCUT2D eigenvalue weighted by Gasteiger charge is -2.09. The van der Waals surface area contributed by atoms with Gasteiger partial charge in [0.1, 0.15) is 5.82 Å². The maximum atomic E-state index is 12.3. The SMILES string of the molecule is CCCNc1ccc(NS(=O)(=O)c2ccc(CC)cc2)cn1. The summed E-state index contributed by atoms with van der Waals surface area (Å²) in [5.74, 6) is 0.733. The molecule has 2 N–H and O–H groups in total. The van der Waals surface area contributed by atoms with E-state index in [0.29, 0.717) is 5.69 Å². The lowest BCUT2D eigenvalue weighted by Crippen LogP contribution is -2.13. The van der Waals surface area contributed by atoms with Crippen molar-refractivity contribution in [2.75, 3.05) is 16.6 Å². The smallest absolute Gasteiger partial charge is 0.261 e. The highest BCUT2D eigenvalue weighted by molar-refractivity contribution is 7.92. The van der Waals surface area contributed by atoms with E-state index in [2.05, 4.69) is 21.9 Å². The van der Waals surface area contributed by atoms with Gasteiger partial charge < -0.3 is 5.32 Å². The van der Waals surface area contributed by atoms with Crippen molar-refractivity contribution >= 4 is 21.5 Å². The number of nitrogens with one attached hydrogen (secondary N) is 2. The van der Waals surface area contributed by atoms with Gasteiger partial charge in [-0.2, -0.15) is 0 Å². The second kappa shape index (κ2) is 7.26. The summed E-state index contributed by atoms with van der Waals surface area (Å²) in [6, 6.07) is 10.3. The van der Waals surface area contributed by atoms with Gasteiger partial charge in [-0.15, -0.1) is 0 Å². The standard InChI is InChI=1S/C16H21N3O2S/c1-3-11-17-16-10-7-14(12-18-16)19-22(20,21)15-8-5-13(4-2)6-9-15/h5-10,12,19H,3-4,11H2,1-2H3,(H,17,18). The Morgan fingerprint density at radius 3 is 2.32 bits per heavy atom. The minimum absolute atomic E-state index is 0.248. The van der Waals surface area contributed by atoms with E-state index in [1.165, 1.54) is 6.20 Å². The predicted octanol–water partition coefficient (Wildman–Crippen LogP) is 3.27. The molecule has 1 aromatic heterocycles. The minimum Gasteiger partial charge on any atom is -0.370 e. The largest absolute Gasteiger partial charge is 0.370 e. The lowest BCUT2D eigenvalue weighted by molar-refractivity contribution is 0.601. The molecule has 5 nitrogen and oxygen atoms in total. The fourth-order valence-corrected chi connectivity index (χ4v) is 2.97. The van der Waals surface area contributed by atoms with Crippen LogP contribution in [0.5, 0.6) is 0 Å². The van der Waals surface area contributed by atoms with Gasteiger partial charge in [0.05, 0.1) is 16.8 Å². The molecule has 0 unspecified atom stereocenters. The quantitative estimate of drug-likeness (QED) is 0.821. The topological polar surface area (TPSA) is 71.1 Å². The molecule has 22 heavy (non-hydrogen) atoms. The first-order valence-corrected chi connectivity index (χ1v) is 8.85. The number of rotatable bonds is 7. The summed E-state index contributed by atoms with van der Waals surface area (Å²) in [6.07, 6.45) is 3.39. The van der Waals surface area contributed by atoms with Crippen LogP contribution in [0.4, 0.5) is 11.5 Å². The van der Waals surface area contributed by atoms with Crippen LogP contribution >= 0.6 is 0 Å². The van der Waals surface area contributed by atoms with E-state index in [9.17, 15) is 8.42 Å². The van der Waals surface area contributed by atoms with Gasteiger partial charge >= 0.3 is 0 Å². The van der Waals surface area contributed by atoms with E-state index in [0.717, 1.165) is 30.8 Å². The van der Waals surface area contributed by atoms with Gasteiger partial charge in [0, 0.05) is 6.54 Å². The first-order valence-electron chi connectivity index (χ1n) is 7.37. The number of aromatic nitrogens is 1. The number of benzene rings is 1. The van der Waals surface area contributed by atoms with Gasteiger partial charge in [-0.3, -0.25) is 4.72 Å². The average molecular weight is 319 g/mol. The van der Waals surface area contributed by atoms with Crippen molar-refractivity contribution < 1.29 is 8.42 Å². The van der Waals surface area contributed by atoms with Crippen molar-refractivity contribution in [2.24, 2.45) is 0 Å². The van der Waals surface area contributed by atoms with Crippen LogP contribution in [-0.2, 0) is 16.4 Å². The van der Waals surface area contributed by atoms with Crippen LogP contribution in [0.3, 0.4) is 0 Å². The summed E-state index contributed by atoms with van der Waals surface area (Å²) in [5.41, 5.74) is 1.55. The number of sulfonamides is 1. The van der Waals surface area contributed by atoms with Crippen LogP contribution in [0.25, 0.3) is 0 Å². The molecule has 1 heterocycles. The Kier molecular flexibility index (Phi) is 5.38. The van der Waals surface area contributed by atoms with Crippen LogP contribution < -0.4 is 10.0 Å². The minimum atomic E-state index is -3.58. The number of hydrogen-bond donors (Lipinski definition) is 2. The zero-order valence-electron chi connectivity index (χ0n) is 12.8. The maximum absolute atomic E-state index is 12.3. The molecule has 1 aromatic carbocycles. The van der Waals surface area contributed by atoms with E-state index in [4.69, 9.17) is 0 Å². The summed E-state index contributed by atoms with van der Waals surface area (Å²) >= 11 is 0. The Morgan fingerprint density at radius 2 is 1.77 bits per heavy atom. The Balaban J connectivity index is 2.10. The van der Waals surface area contributed by atoms with Crippen molar-refractivity contribution in [3.8, 4) is 0 Å². The van der Waals surface area contributed by atoms with Crippen molar-refractivity contribution in [1.82, 2.24) is 4.98 Å². The van der Waals surface area contributed by atoms with Crippen molar-refractivity contribution in [3.05, 3.63) is 48.2 Å². The Morgan fingerprint density at radius 1 is 1.05 bits per heavy atom. The Labute approximate surface area is 131 Å². The third-order valence-corrected chi connectivity index (χ3v) is 4.61. The van der Waals surface area contributed by atoms with Gasteiger partial charge in [0.2, 0.25) is 0 Å². The van der Waals surface area contributed by atoms with Crippen LogP contribution in [0.15, 0.2) is 47.5 Å². The molecule has 0 aliphatic rings. The van der Waals surface area contributed by atoms with Gasteiger partial charge in [-0.25, -0.2) is 13.4 Å². The van der Waals surface area contributed by atoms with E-state index < -0.39 is 10.0 Å². The lowest BCUT2D eigenvalue weighted by atomic mass is 10.2. The van der Waals surface area contributed by atoms with E-state index in [-0.39, 0.29) is 4.90 Å². The molecular formula is C16H21N3O2S. The molecule has 0 aliphatic carbocycles. The molecular weight excluding hydrogens is 298 g/mol. The van der Waals surface area contributed by atoms with Crippen LogP contribution in [0, 0.1) is 0 Å². The van der Waals surface area contributed by atoms with Gasteiger partial charge in [0.15, 0.2) is 0 Å². The number of pyridine rings is 1. The highest BCUT2D eigenvalue weighted by Gasteiger charge is 2.14. The van der Waals surface area contributed by atoms with Crippen molar-refractivity contribution in [3.63, 3.8) is 0 Å². The Hall–Kier alpha value is -2.08. The van der Waals surface area contributed by atoms with Gasteiger partial charge in [0.25, 0.3) is 10.0 Å². The third-order valence-electron chi connectivity index (χ3n) is 3.21. The predicted molar refractivity (Wildman–Crippen MR) is 89.6 cm³/mol. The van der Waals surface area contributed by atoms with Crippen LogP contribution in [-0.4, -0.2) is 19.9 Å². The zero-order valence-corrected chi connectivity index (χ0v) is 13.7. The highest BCUT2D eigenvalue weighted by Crippen LogP contribution is 2.17. The summed E-state index contributed by atoms with van der Waals surface area (Å²) in [7, 11) is -3.58. The fraction of sp³-hybridized carbons (Fsp3) is 0.312. The molecule has 0 saturated heterocycles. The molecule has 0 fully saturated rings. The first-order chi connectivity index (χ1) is 10.5. The Bertz CT molecular complexity index is 695. The third kappa shape index (κ3) is 4.21. The van der Waals surface area contributed by atoms with E-state index in [1.54, 1.807) is 24.3 Å². The van der Waals surface area contributed by atoms with Crippen molar-refractivity contribution in [2.45, 2.75) is 31.6 Å². The molecule has 2 rings (SSSR count). The molecule has 0 spiro atoms. The monoisotopic (exact) mass is 319 g/mol. The number of anilines is 2. The normalized spacial score (nSPS) is 11.2. The summed E-state index contributed by atoms with van der Waals surface area (Å²) in [4.78, 5) is 4.43. The number of nitrogens with zero attached hydrogens (tertiary/aromatic N) is 1. The van der Waals surface area contributed by atoms with Gasteiger partial charge in [-0.05, 0) is 42.7 Å². The second-order valence-electron chi connectivity index (χ2n) is 4.96. The summed E-state index contributed by atoms with van der Waals surface area (Å²) in [5, 5.41) is 3.14. The fourth-order valence-electron chi connectivity index (χ4n) is 1.93.